The fraction of sp³-hybridized carbons (Fsp3) is 0.250. The number of hydrogen-bond acceptors (Lipinski definition) is 4. The van der Waals surface area contributed by atoms with Crippen LogP contribution in [0.2, 0.25) is 0 Å². The van der Waals surface area contributed by atoms with Gasteiger partial charge in [-0.2, -0.15) is 0 Å². The Bertz CT molecular complexity index is 501. The van der Waals surface area contributed by atoms with Crippen LogP contribution in [-0.4, -0.2) is 22.0 Å². The summed E-state index contributed by atoms with van der Waals surface area (Å²) in [5.41, 5.74) is 2.10. The van der Waals surface area contributed by atoms with Gasteiger partial charge in [0.1, 0.15) is 5.82 Å². The average molecular weight is 293 g/mol. The van der Waals surface area contributed by atoms with Gasteiger partial charge in [-0.15, -0.1) is 0 Å². The Hall–Kier alpha value is -1.49. The van der Waals surface area contributed by atoms with Crippen molar-refractivity contribution in [1.82, 2.24) is 15.0 Å². The van der Waals surface area contributed by atoms with Crippen molar-refractivity contribution in [2.75, 3.05) is 11.9 Å². The third-order valence-electron chi connectivity index (χ3n) is 2.44. The molecule has 0 spiro atoms. The largest absolute Gasteiger partial charge is 0.354 e. The quantitative estimate of drug-likeness (QED) is 0.872. The van der Waals surface area contributed by atoms with Gasteiger partial charge in [0.05, 0.1) is 18.4 Å². The van der Waals surface area contributed by atoms with Crippen molar-refractivity contribution in [3.05, 3.63) is 46.6 Å². The first-order chi connectivity index (χ1) is 8.16. The molecule has 0 N–H and O–H groups in total. The molecule has 0 amide bonds. The van der Waals surface area contributed by atoms with Gasteiger partial charge in [0.15, 0.2) is 0 Å². The summed E-state index contributed by atoms with van der Waals surface area (Å²) < 4.78 is 1.02. The second-order valence-electron chi connectivity index (χ2n) is 3.84. The summed E-state index contributed by atoms with van der Waals surface area (Å²) in [5, 5.41) is 0. The third kappa shape index (κ3) is 3.00. The van der Waals surface area contributed by atoms with Crippen molar-refractivity contribution < 1.29 is 0 Å². The lowest BCUT2D eigenvalue weighted by atomic mass is 10.3. The lowest BCUT2D eigenvalue weighted by Crippen LogP contribution is -2.18. The van der Waals surface area contributed by atoms with Crippen molar-refractivity contribution in [2.45, 2.75) is 13.5 Å². The molecule has 0 saturated heterocycles. The van der Waals surface area contributed by atoms with E-state index < -0.39 is 0 Å². The fourth-order valence-corrected chi connectivity index (χ4v) is 1.69. The number of anilines is 1. The summed E-state index contributed by atoms with van der Waals surface area (Å²) >= 11 is 3.44. The van der Waals surface area contributed by atoms with Crippen molar-refractivity contribution in [2.24, 2.45) is 0 Å². The zero-order chi connectivity index (χ0) is 12.3. The highest BCUT2D eigenvalue weighted by molar-refractivity contribution is 9.10. The first-order valence-corrected chi connectivity index (χ1v) is 6.04. The molecule has 0 atom stereocenters. The Labute approximate surface area is 109 Å². The Kier molecular flexibility index (Phi) is 3.68. The van der Waals surface area contributed by atoms with Crippen LogP contribution in [0.3, 0.4) is 0 Å². The minimum atomic E-state index is 0.696. The van der Waals surface area contributed by atoms with E-state index in [9.17, 15) is 0 Å². The summed E-state index contributed by atoms with van der Waals surface area (Å²) in [7, 11) is 1.99. The van der Waals surface area contributed by atoms with E-state index in [1.54, 1.807) is 18.6 Å². The Balaban J connectivity index is 2.14. The van der Waals surface area contributed by atoms with E-state index in [2.05, 4.69) is 30.9 Å². The van der Waals surface area contributed by atoms with Crippen LogP contribution in [0.25, 0.3) is 0 Å². The van der Waals surface area contributed by atoms with Crippen molar-refractivity contribution >= 4 is 21.7 Å². The van der Waals surface area contributed by atoms with Crippen LogP contribution in [-0.2, 0) is 6.54 Å². The first-order valence-electron chi connectivity index (χ1n) is 5.25. The third-order valence-corrected chi connectivity index (χ3v) is 3.27. The van der Waals surface area contributed by atoms with Gasteiger partial charge in [-0.25, -0.2) is 4.98 Å². The highest BCUT2D eigenvalue weighted by Gasteiger charge is 2.06. The highest BCUT2D eigenvalue weighted by Crippen LogP contribution is 2.19. The van der Waals surface area contributed by atoms with Gasteiger partial charge in [0.25, 0.3) is 0 Å². The van der Waals surface area contributed by atoms with Gasteiger partial charge in [0.2, 0.25) is 0 Å². The van der Waals surface area contributed by atoms with Crippen LogP contribution in [0.15, 0.2) is 35.3 Å². The Morgan fingerprint density at radius 3 is 2.71 bits per heavy atom. The average Bonchev–Trinajstić information content (AvgIpc) is 2.34. The number of pyridine rings is 1. The van der Waals surface area contributed by atoms with Crippen LogP contribution in [0.1, 0.15) is 11.3 Å². The predicted molar refractivity (Wildman–Crippen MR) is 70.8 cm³/mol. The van der Waals surface area contributed by atoms with Crippen molar-refractivity contribution in [1.29, 1.82) is 0 Å². The number of aryl methyl sites for hydroxylation is 1. The maximum absolute atomic E-state index is 4.37. The number of nitrogens with zero attached hydrogens (tertiary/aromatic N) is 4. The molecule has 0 aromatic carbocycles. The molecule has 0 radical (unpaired) electrons. The zero-order valence-electron chi connectivity index (χ0n) is 9.76. The number of rotatable bonds is 3. The van der Waals surface area contributed by atoms with Gasteiger partial charge in [-0.1, -0.05) is 0 Å². The first kappa shape index (κ1) is 12.0. The van der Waals surface area contributed by atoms with Crippen LogP contribution >= 0.6 is 15.9 Å². The molecule has 0 bridgehead atoms. The Morgan fingerprint density at radius 1 is 1.24 bits per heavy atom. The topological polar surface area (TPSA) is 41.9 Å². The maximum atomic E-state index is 4.37. The second kappa shape index (κ2) is 5.23. The lowest BCUT2D eigenvalue weighted by Gasteiger charge is -2.18. The van der Waals surface area contributed by atoms with E-state index in [-0.39, 0.29) is 0 Å². The minimum Gasteiger partial charge on any atom is -0.354 e. The van der Waals surface area contributed by atoms with E-state index in [0.717, 1.165) is 16.0 Å². The van der Waals surface area contributed by atoms with Crippen molar-refractivity contribution in [3.63, 3.8) is 0 Å². The Morgan fingerprint density at radius 2 is 2.06 bits per heavy atom. The molecule has 2 rings (SSSR count). The zero-order valence-corrected chi connectivity index (χ0v) is 11.3. The van der Waals surface area contributed by atoms with E-state index in [0.29, 0.717) is 6.54 Å². The molecule has 2 aromatic rings. The maximum Gasteiger partial charge on any atom is 0.128 e. The summed E-state index contributed by atoms with van der Waals surface area (Å²) in [4.78, 5) is 14.7. The van der Waals surface area contributed by atoms with Crippen LogP contribution in [0.5, 0.6) is 0 Å². The van der Waals surface area contributed by atoms with Crippen LogP contribution in [0.4, 0.5) is 5.82 Å². The van der Waals surface area contributed by atoms with Crippen LogP contribution in [0, 0.1) is 6.92 Å². The molecule has 0 unspecified atom stereocenters. The molecule has 88 valence electrons. The van der Waals surface area contributed by atoms with E-state index >= 15 is 0 Å². The molecule has 4 nitrogen and oxygen atoms in total. The number of hydrogen-bond donors (Lipinski definition) is 0. The standard InChI is InChI=1S/C12H13BrN4/c1-9-5-12(16-7-11(9)13)17(2)8-10-6-14-3-4-15-10/h3-7H,8H2,1-2H3. The van der Waals surface area contributed by atoms with Gasteiger partial charge >= 0.3 is 0 Å². The smallest absolute Gasteiger partial charge is 0.128 e. The molecule has 0 aliphatic carbocycles. The van der Waals surface area contributed by atoms with Crippen LogP contribution < -0.4 is 4.90 Å². The normalized spacial score (nSPS) is 10.3. The monoisotopic (exact) mass is 292 g/mol. The van der Waals surface area contributed by atoms with Gasteiger partial charge in [0, 0.05) is 30.1 Å². The summed E-state index contributed by atoms with van der Waals surface area (Å²) in [6.45, 7) is 2.74. The summed E-state index contributed by atoms with van der Waals surface area (Å²) in [5.74, 6) is 0.927. The molecule has 0 aliphatic heterocycles. The molecule has 2 heterocycles. The molecular formula is C12H13BrN4. The van der Waals surface area contributed by atoms with Crippen molar-refractivity contribution in [3.8, 4) is 0 Å². The van der Waals surface area contributed by atoms with E-state index in [1.165, 1.54) is 5.56 Å². The number of aromatic nitrogens is 3. The molecular weight excluding hydrogens is 280 g/mol. The molecule has 5 heteroatoms. The second-order valence-corrected chi connectivity index (χ2v) is 4.70. The van der Waals surface area contributed by atoms with Gasteiger partial charge < -0.3 is 4.90 Å². The lowest BCUT2D eigenvalue weighted by molar-refractivity contribution is 0.854. The number of halogens is 1. The predicted octanol–water partition coefficient (Wildman–Crippen LogP) is 2.58. The summed E-state index contributed by atoms with van der Waals surface area (Å²) in [6.07, 6.45) is 6.95. The fourth-order valence-electron chi connectivity index (χ4n) is 1.47. The molecule has 0 aliphatic rings. The minimum absolute atomic E-state index is 0.696. The van der Waals surface area contributed by atoms with E-state index in [1.807, 2.05) is 31.1 Å². The molecule has 2 aromatic heterocycles. The summed E-state index contributed by atoms with van der Waals surface area (Å²) in [6, 6.07) is 2.04. The molecule has 0 saturated carbocycles. The van der Waals surface area contributed by atoms with Gasteiger partial charge in [-0.3, -0.25) is 9.97 Å². The molecule has 0 fully saturated rings. The SMILES string of the molecule is Cc1cc(N(C)Cc2cnccn2)ncc1Br. The van der Waals surface area contributed by atoms with Gasteiger partial charge in [-0.05, 0) is 34.5 Å². The molecule has 17 heavy (non-hydrogen) atoms. The van der Waals surface area contributed by atoms with E-state index in [4.69, 9.17) is 0 Å². The highest BCUT2D eigenvalue weighted by atomic mass is 79.9.